The summed E-state index contributed by atoms with van der Waals surface area (Å²) < 4.78 is 0. The van der Waals surface area contributed by atoms with Crippen molar-refractivity contribution in [2.75, 3.05) is 4.90 Å². The molecule has 1 aliphatic heterocycles. The lowest BCUT2D eigenvalue weighted by atomic mass is 9.68. The number of anilines is 1. The van der Waals surface area contributed by atoms with Gasteiger partial charge in [-0.15, -0.1) is 0 Å². The maximum absolute atomic E-state index is 13.7. The number of imide groups is 1. The third kappa shape index (κ3) is 3.30. The van der Waals surface area contributed by atoms with E-state index in [0.29, 0.717) is 10.7 Å². The number of halogens is 1. The molecule has 3 aromatic carbocycles. The molecule has 4 atom stereocenters. The first-order chi connectivity index (χ1) is 15.1. The van der Waals surface area contributed by atoms with Crippen LogP contribution >= 0.6 is 11.6 Å². The first-order valence-corrected chi connectivity index (χ1v) is 10.9. The molecule has 4 heteroatoms. The minimum Gasteiger partial charge on any atom is -0.274 e. The Morgan fingerprint density at radius 2 is 1.19 bits per heavy atom. The van der Waals surface area contributed by atoms with Crippen LogP contribution in [0.3, 0.4) is 0 Å². The van der Waals surface area contributed by atoms with Crippen LogP contribution in [0.1, 0.15) is 28.5 Å². The zero-order valence-electron chi connectivity index (χ0n) is 17.1. The van der Waals surface area contributed by atoms with E-state index >= 15 is 0 Å². The molecule has 2 amide bonds. The van der Waals surface area contributed by atoms with Crippen LogP contribution < -0.4 is 4.90 Å². The van der Waals surface area contributed by atoms with Crippen molar-refractivity contribution in [2.45, 2.75) is 18.8 Å². The summed E-state index contributed by atoms with van der Waals surface area (Å²) in [6.07, 6.45) is 4.20. The average Bonchev–Trinajstić information content (AvgIpc) is 3.07. The highest BCUT2D eigenvalue weighted by molar-refractivity contribution is 6.32. The van der Waals surface area contributed by atoms with Gasteiger partial charge < -0.3 is 0 Å². The van der Waals surface area contributed by atoms with Gasteiger partial charge in [0.2, 0.25) is 11.8 Å². The number of hydrogen-bond donors (Lipinski definition) is 0. The fourth-order valence-corrected chi connectivity index (χ4v) is 5.08. The molecule has 3 nitrogen and oxygen atoms in total. The van der Waals surface area contributed by atoms with Crippen molar-refractivity contribution >= 4 is 29.1 Å². The second kappa shape index (κ2) is 7.82. The highest BCUT2D eigenvalue weighted by Crippen LogP contribution is 2.50. The Morgan fingerprint density at radius 3 is 1.65 bits per heavy atom. The topological polar surface area (TPSA) is 37.4 Å². The number of rotatable bonds is 3. The molecule has 154 valence electrons. The summed E-state index contributed by atoms with van der Waals surface area (Å²) in [7, 11) is 0. The number of carbonyl (C=O) groups is 2. The smallest absolute Gasteiger partial charge is 0.238 e. The largest absolute Gasteiger partial charge is 0.274 e. The number of fused-ring (bicyclic) bond motifs is 1. The van der Waals surface area contributed by atoms with E-state index in [2.05, 4.69) is 12.2 Å². The molecule has 5 rings (SSSR count). The summed E-state index contributed by atoms with van der Waals surface area (Å²) in [5.41, 5.74) is 3.54. The van der Waals surface area contributed by atoms with Gasteiger partial charge in [0.25, 0.3) is 0 Å². The van der Waals surface area contributed by atoms with Crippen molar-refractivity contribution in [1.82, 2.24) is 0 Å². The van der Waals surface area contributed by atoms with Crippen LogP contribution in [0.15, 0.2) is 91.0 Å². The van der Waals surface area contributed by atoms with E-state index < -0.39 is 11.8 Å². The molecular weight excluding hydrogens is 406 g/mol. The second-order valence-electron chi connectivity index (χ2n) is 8.25. The number of carbonyl (C=O) groups excluding carboxylic acids is 2. The first kappa shape index (κ1) is 19.8. The van der Waals surface area contributed by atoms with Crippen molar-refractivity contribution in [2.24, 2.45) is 11.8 Å². The fraction of sp³-hybridized carbons (Fsp3) is 0.185. The predicted octanol–water partition coefficient (Wildman–Crippen LogP) is 5.89. The van der Waals surface area contributed by atoms with E-state index in [4.69, 9.17) is 11.6 Å². The Kier molecular flexibility index (Phi) is 4.99. The molecule has 1 heterocycles. The van der Waals surface area contributed by atoms with Gasteiger partial charge in [-0.05, 0) is 35.7 Å². The van der Waals surface area contributed by atoms with Crippen LogP contribution in [0, 0.1) is 18.8 Å². The lowest BCUT2D eigenvalue weighted by Gasteiger charge is -2.32. The molecule has 0 aromatic heterocycles. The van der Waals surface area contributed by atoms with Gasteiger partial charge in [-0.1, -0.05) is 90.5 Å². The molecule has 1 fully saturated rings. The maximum Gasteiger partial charge on any atom is 0.238 e. The van der Waals surface area contributed by atoms with E-state index in [1.54, 1.807) is 12.1 Å². The van der Waals surface area contributed by atoms with Crippen LogP contribution in [-0.2, 0) is 9.59 Å². The third-order valence-electron chi connectivity index (χ3n) is 6.48. The van der Waals surface area contributed by atoms with Crippen LogP contribution in [-0.4, -0.2) is 11.8 Å². The number of nitrogens with zero attached hydrogens (tertiary/aromatic N) is 1. The minimum atomic E-state index is -0.454. The number of allylic oxidation sites excluding steroid dienone is 2. The Hall–Kier alpha value is -3.17. The van der Waals surface area contributed by atoms with Gasteiger partial charge in [-0.2, -0.15) is 0 Å². The molecular formula is C27H22ClNO2. The van der Waals surface area contributed by atoms with Crippen molar-refractivity contribution in [3.63, 3.8) is 0 Å². The molecule has 0 unspecified atom stereocenters. The van der Waals surface area contributed by atoms with Crippen LogP contribution in [0.2, 0.25) is 5.02 Å². The summed E-state index contributed by atoms with van der Waals surface area (Å²) in [6, 6.07) is 25.3. The standard InChI is InChI=1S/C27H22ClNO2/c1-17-12-13-20(16-23(17)28)29-26(30)24-21(18-8-4-2-5-9-18)14-15-22(25(24)27(29)31)19-10-6-3-7-11-19/h2-16,21-22,24-25H,1H3/t21-,22+,24+,25-. The molecule has 1 saturated heterocycles. The highest BCUT2D eigenvalue weighted by atomic mass is 35.5. The van der Waals surface area contributed by atoms with Gasteiger partial charge in [-0.3, -0.25) is 9.59 Å². The quantitative estimate of drug-likeness (QED) is 0.386. The summed E-state index contributed by atoms with van der Waals surface area (Å²) in [6.45, 7) is 1.90. The van der Waals surface area contributed by atoms with Gasteiger partial charge in [-0.25, -0.2) is 4.90 Å². The fourth-order valence-electron chi connectivity index (χ4n) is 4.91. The SMILES string of the molecule is Cc1ccc(N2C(=O)[C@@H]3[C@H](C2=O)[C@H](c2ccccc2)C=C[C@@H]3c2ccccc2)cc1Cl. The summed E-state index contributed by atoms with van der Waals surface area (Å²) in [4.78, 5) is 28.8. The normalized spacial score (nSPS) is 25.0. The zero-order valence-corrected chi connectivity index (χ0v) is 17.9. The Morgan fingerprint density at radius 1 is 0.710 bits per heavy atom. The average molecular weight is 428 g/mol. The van der Waals surface area contributed by atoms with Gasteiger partial charge in [0.05, 0.1) is 17.5 Å². The first-order valence-electron chi connectivity index (χ1n) is 10.5. The Bertz CT molecular complexity index is 1100. The van der Waals surface area contributed by atoms with Gasteiger partial charge in [0.15, 0.2) is 0 Å². The predicted molar refractivity (Wildman–Crippen MR) is 123 cm³/mol. The van der Waals surface area contributed by atoms with Crippen LogP contribution in [0.5, 0.6) is 0 Å². The minimum absolute atomic E-state index is 0.145. The molecule has 0 N–H and O–H groups in total. The van der Waals surface area contributed by atoms with Crippen molar-refractivity contribution in [3.05, 3.63) is 113 Å². The van der Waals surface area contributed by atoms with E-state index in [1.807, 2.05) is 73.7 Å². The second-order valence-corrected chi connectivity index (χ2v) is 8.66. The molecule has 0 bridgehead atoms. The van der Waals surface area contributed by atoms with Gasteiger partial charge in [0.1, 0.15) is 0 Å². The van der Waals surface area contributed by atoms with E-state index in [0.717, 1.165) is 16.7 Å². The monoisotopic (exact) mass is 427 g/mol. The summed E-state index contributed by atoms with van der Waals surface area (Å²) in [5.74, 6) is -1.51. The van der Waals surface area contributed by atoms with E-state index in [-0.39, 0.29) is 23.7 Å². The van der Waals surface area contributed by atoms with Crippen molar-refractivity contribution in [3.8, 4) is 0 Å². The number of amides is 2. The molecule has 0 saturated carbocycles. The van der Waals surface area contributed by atoms with Crippen molar-refractivity contribution in [1.29, 1.82) is 0 Å². The summed E-state index contributed by atoms with van der Waals surface area (Å²) >= 11 is 6.33. The molecule has 1 aliphatic carbocycles. The summed E-state index contributed by atoms with van der Waals surface area (Å²) in [5, 5.41) is 0.547. The molecule has 0 radical (unpaired) electrons. The highest BCUT2D eigenvalue weighted by Gasteiger charge is 2.55. The van der Waals surface area contributed by atoms with E-state index in [1.165, 1.54) is 4.90 Å². The number of hydrogen-bond acceptors (Lipinski definition) is 2. The zero-order chi connectivity index (χ0) is 21.5. The number of benzene rings is 3. The lowest BCUT2D eigenvalue weighted by molar-refractivity contribution is -0.122. The van der Waals surface area contributed by atoms with Gasteiger partial charge >= 0.3 is 0 Å². The molecule has 2 aliphatic rings. The lowest BCUT2D eigenvalue weighted by Crippen LogP contribution is -2.31. The van der Waals surface area contributed by atoms with Crippen molar-refractivity contribution < 1.29 is 9.59 Å². The third-order valence-corrected chi connectivity index (χ3v) is 6.89. The number of aryl methyl sites for hydroxylation is 1. The van der Waals surface area contributed by atoms with Gasteiger partial charge in [0, 0.05) is 16.9 Å². The molecule has 31 heavy (non-hydrogen) atoms. The Balaban J connectivity index is 1.63. The Labute approximate surface area is 187 Å². The molecule has 0 spiro atoms. The van der Waals surface area contributed by atoms with Crippen LogP contribution in [0.4, 0.5) is 5.69 Å². The molecule has 3 aromatic rings. The van der Waals surface area contributed by atoms with E-state index in [9.17, 15) is 9.59 Å². The maximum atomic E-state index is 13.7. The van der Waals surface area contributed by atoms with Crippen LogP contribution in [0.25, 0.3) is 0 Å².